The number of thioether (sulfide) groups is 1. The summed E-state index contributed by atoms with van der Waals surface area (Å²) in [4.78, 5) is 55.5. The number of terminal acetylenes is 1. The van der Waals surface area contributed by atoms with Gasteiger partial charge >= 0.3 is 11.9 Å². The van der Waals surface area contributed by atoms with Crippen molar-refractivity contribution in [1.82, 2.24) is 5.43 Å². The first-order chi connectivity index (χ1) is 42.1. The Balaban J connectivity index is -0.000000616. The third-order valence-corrected chi connectivity index (χ3v) is 14.7. The normalized spacial score (nSPS) is 16.4. The molecule has 2 aromatic carbocycles. The van der Waals surface area contributed by atoms with E-state index in [0.29, 0.717) is 69.3 Å². The number of unbranched alkanes of at least 4 members (excludes halogenated alkanes) is 9. The van der Waals surface area contributed by atoms with Crippen molar-refractivity contribution < 1.29 is 63.3 Å². The predicted octanol–water partition coefficient (Wildman–Crippen LogP) is 15.5. The lowest BCUT2D eigenvalue weighted by molar-refractivity contribution is -0.141. The minimum absolute atomic E-state index is 0.0571. The van der Waals surface area contributed by atoms with Crippen LogP contribution in [-0.4, -0.2) is 97.1 Å². The van der Waals surface area contributed by atoms with Gasteiger partial charge in [0.25, 0.3) is 6.47 Å². The summed E-state index contributed by atoms with van der Waals surface area (Å²) in [5, 5.41) is 37.5. The lowest BCUT2D eigenvalue weighted by Gasteiger charge is -2.29. The van der Waals surface area contributed by atoms with Crippen LogP contribution in [0.3, 0.4) is 0 Å². The van der Waals surface area contributed by atoms with Gasteiger partial charge in [0.1, 0.15) is 17.8 Å². The zero-order valence-corrected chi connectivity index (χ0v) is 54.9. The van der Waals surface area contributed by atoms with Crippen molar-refractivity contribution >= 4 is 49.1 Å². The fraction of sp³-hybridized carbons (Fsp3) is 0.521. The first-order valence-corrected chi connectivity index (χ1v) is 31.3. The number of benzene rings is 2. The number of aldehydes is 1. The predicted molar refractivity (Wildman–Crippen MR) is 359 cm³/mol. The number of aliphatic hydroxyl groups excluding tert-OH is 3. The third kappa shape index (κ3) is 48.1. The second-order valence-corrected chi connectivity index (χ2v) is 21.0. The summed E-state index contributed by atoms with van der Waals surface area (Å²) < 4.78 is 21.5. The molecule has 87 heavy (non-hydrogen) atoms. The molecule has 5 N–H and O–H groups in total. The molecule has 0 radical (unpaired) electrons. The van der Waals surface area contributed by atoms with E-state index in [4.69, 9.17) is 39.1 Å². The molecule has 0 heterocycles. The lowest BCUT2D eigenvalue weighted by Crippen LogP contribution is -2.29. The number of aliphatic hydroxyl groups is 3. The average molecular weight is 1230 g/mol. The molecular weight excluding hydrogens is 1120 g/mol. The summed E-state index contributed by atoms with van der Waals surface area (Å²) in [5.41, 5.74) is 6.47. The van der Waals surface area contributed by atoms with Crippen molar-refractivity contribution in [2.75, 3.05) is 26.9 Å². The number of rotatable bonds is 33. The smallest absolute Gasteiger partial charge is 0.314 e. The van der Waals surface area contributed by atoms with Crippen LogP contribution in [0.2, 0.25) is 0 Å². The molecule has 2 aliphatic carbocycles. The van der Waals surface area contributed by atoms with Crippen LogP contribution in [0.4, 0.5) is 0 Å². The number of carbonyl (C=O) groups excluding carboxylic acids is 4. The van der Waals surface area contributed by atoms with Gasteiger partial charge in [0.2, 0.25) is 6.41 Å². The average Bonchev–Trinajstić information content (AvgIpc) is 3.75. The second kappa shape index (κ2) is 62.4. The number of allylic oxidation sites excluding steroid dienone is 7. The molecule has 0 aromatic heterocycles. The molecule has 488 valence electrons. The Labute approximate surface area is 528 Å². The van der Waals surface area contributed by atoms with Gasteiger partial charge in [-0.05, 0) is 175 Å². The lowest BCUT2D eigenvalue weighted by atomic mass is 9.79. The summed E-state index contributed by atoms with van der Waals surface area (Å²) in [6.45, 7) is 32.6. The van der Waals surface area contributed by atoms with Gasteiger partial charge < -0.3 is 44.2 Å². The summed E-state index contributed by atoms with van der Waals surface area (Å²) in [6.07, 6.45) is 41.2. The van der Waals surface area contributed by atoms with Gasteiger partial charge in [0.05, 0.1) is 31.5 Å². The topological polar surface area (TPSA) is 228 Å². The number of carbonyl (C=O) groups is 5. The molecule has 1 amide bonds. The molecule has 2 saturated carbocycles. The number of ether oxygens (including phenoxy) is 4. The maximum Gasteiger partial charge on any atom is 0.314 e. The van der Waals surface area contributed by atoms with E-state index < -0.39 is 12.4 Å². The Bertz CT molecular complexity index is 2260. The molecule has 2 aliphatic rings. The van der Waals surface area contributed by atoms with E-state index in [-0.39, 0.29) is 36.2 Å². The summed E-state index contributed by atoms with van der Waals surface area (Å²) in [6, 6.07) is 13.7. The van der Waals surface area contributed by atoms with Gasteiger partial charge in [-0.15, -0.1) is 26.0 Å². The number of amides is 1. The molecule has 2 aromatic rings. The number of hydrogen-bond acceptors (Lipinski definition) is 14. The van der Waals surface area contributed by atoms with Gasteiger partial charge in [-0.2, -0.15) is 5.10 Å². The fourth-order valence-corrected chi connectivity index (χ4v) is 9.49. The molecule has 0 saturated heterocycles. The van der Waals surface area contributed by atoms with E-state index in [1.54, 1.807) is 55.1 Å². The van der Waals surface area contributed by atoms with Crippen LogP contribution >= 0.6 is 11.8 Å². The SMILES string of the molecule is C#C.C=C.C=C(/C=C\CCCCCCCCOC(C)=O)C1CCC(C=O)CC1.C=C(CC)Sc1ccccc1C.C=C/C=C(\C=C/C(O)C1CCC(C(=O)Oc2ccc(C)c(/C=N/NC=O)c2)CC1)OCCCCCCOC(C)O.CC.CO.O=CO. The van der Waals surface area contributed by atoms with Crippen molar-refractivity contribution in [2.24, 2.45) is 28.8 Å². The summed E-state index contributed by atoms with van der Waals surface area (Å²) >= 11 is 1.78. The highest BCUT2D eigenvalue weighted by Gasteiger charge is 2.30. The van der Waals surface area contributed by atoms with Crippen molar-refractivity contribution in [3.8, 4) is 18.6 Å². The van der Waals surface area contributed by atoms with Gasteiger partial charge in [-0.1, -0.05) is 139 Å². The van der Waals surface area contributed by atoms with Gasteiger partial charge in [0, 0.05) is 37.0 Å². The van der Waals surface area contributed by atoms with Crippen LogP contribution in [0, 0.1) is 50.4 Å². The highest BCUT2D eigenvalue weighted by Crippen LogP contribution is 2.34. The third-order valence-electron chi connectivity index (χ3n) is 13.4. The Morgan fingerprint density at radius 1 is 0.782 bits per heavy atom. The summed E-state index contributed by atoms with van der Waals surface area (Å²) in [5.74, 6) is 1.32. The van der Waals surface area contributed by atoms with Crippen LogP contribution in [0.5, 0.6) is 5.75 Å². The molecule has 2 unspecified atom stereocenters. The van der Waals surface area contributed by atoms with Crippen molar-refractivity contribution in [2.45, 2.75) is 194 Å². The maximum atomic E-state index is 12.8. The molecule has 2 atom stereocenters. The van der Waals surface area contributed by atoms with Crippen molar-refractivity contribution in [3.63, 3.8) is 0 Å². The number of aryl methyl sites for hydroxylation is 2. The van der Waals surface area contributed by atoms with Crippen LogP contribution < -0.4 is 10.2 Å². The quantitative estimate of drug-likeness (QED) is 0.00364. The minimum atomic E-state index is -0.720. The molecule has 15 nitrogen and oxygen atoms in total. The number of hydrazone groups is 1. The van der Waals surface area contributed by atoms with Crippen molar-refractivity contribution in [3.05, 3.63) is 145 Å². The molecule has 16 heteroatoms. The Hall–Kier alpha value is -6.61. The van der Waals surface area contributed by atoms with E-state index in [1.165, 1.54) is 59.8 Å². The molecule has 2 fully saturated rings. The molecule has 4 rings (SSSR count). The molecular formula is C71H110N2O13S. The van der Waals surface area contributed by atoms with Crippen molar-refractivity contribution in [1.29, 1.82) is 0 Å². The highest BCUT2D eigenvalue weighted by atomic mass is 32.2. The van der Waals surface area contributed by atoms with Gasteiger partial charge in [0.15, 0.2) is 6.29 Å². The highest BCUT2D eigenvalue weighted by molar-refractivity contribution is 8.03. The molecule has 0 spiro atoms. The summed E-state index contributed by atoms with van der Waals surface area (Å²) in [7, 11) is 1.00. The van der Waals surface area contributed by atoms with E-state index in [9.17, 15) is 24.3 Å². The molecule has 0 bridgehead atoms. The van der Waals surface area contributed by atoms with Crippen LogP contribution in [0.1, 0.15) is 180 Å². The number of esters is 2. The number of carboxylic acid groups (broad SMARTS) is 1. The second-order valence-electron chi connectivity index (χ2n) is 19.8. The maximum absolute atomic E-state index is 12.8. The standard InChI is InChI=1S/C31H44N2O7.C21H34O3.C11H14S.C2H6.C2H4.C2H2.CH2O2.CH4O/c1-4-9-28(39-19-8-6-5-7-18-38-24(3)35)16-17-30(36)25-11-13-26(14-12-25)31(37)40-29-15-10-23(2)27(20-29)21-32-33-22-34;1-18(21-14-12-20(17-22)13-15-21)11-9-7-5-3-4-6-8-10-16-24-19(2)23;1-4-10(3)12-11-8-6-5-7-9(11)2;3*1-2;2-1-3;1-2/h4,9-10,15-17,20-22,24-26,30,35-36H,1,5-8,11-14,18-19H2,2-3H3,(H,33,34);9,11,17,20-21H,1,3-8,10,12-16H2,2H3;5-8H,3-4H2,1-2H3;1-2H3;1-2H2;1-2H;1H,(H,2,3);2H,1H3/b17-16-,28-9+,32-21+;11-9-;;;;;;. The minimum Gasteiger partial charge on any atom is -0.494 e. The van der Waals surface area contributed by atoms with E-state index >= 15 is 0 Å². The largest absolute Gasteiger partial charge is 0.494 e. The zero-order valence-electron chi connectivity index (χ0n) is 54.1. The van der Waals surface area contributed by atoms with E-state index in [0.717, 1.165) is 102 Å². The zero-order chi connectivity index (χ0) is 66.5. The Morgan fingerprint density at radius 2 is 1.33 bits per heavy atom. The van der Waals surface area contributed by atoms with Gasteiger partial charge in [-0.25, -0.2) is 5.43 Å². The number of nitrogens with one attached hydrogen (secondary N) is 1. The number of hydrogen-bond donors (Lipinski definition) is 5. The van der Waals surface area contributed by atoms with E-state index in [1.807, 2.05) is 26.8 Å². The van der Waals surface area contributed by atoms with Crippen LogP contribution in [0.25, 0.3) is 0 Å². The number of nitrogens with zero attached hydrogens (tertiary/aromatic N) is 1. The fourth-order valence-electron chi connectivity index (χ4n) is 8.66. The monoisotopic (exact) mass is 1230 g/mol. The first kappa shape index (κ1) is 86.8. The van der Waals surface area contributed by atoms with Crippen LogP contribution in [0.15, 0.2) is 138 Å². The van der Waals surface area contributed by atoms with Gasteiger partial charge in [-0.3, -0.25) is 19.2 Å². The van der Waals surface area contributed by atoms with Crippen LogP contribution in [-0.2, 0) is 38.2 Å². The Morgan fingerprint density at radius 3 is 1.87 bits per heavy atom. The Kier molecular flexibility index (Phi) is 62.3. The van der Waals surface area contributed by atoms with E-state index in [2.05, 4.69) is 107 Å². The molecule has 0 aliphatic heterocycles. The first-order valence-electron chi connectivity index (χ1n) is 30.5.